The quantitative estimate of drug-likeness (QED) is 0.781. The molecule has 0 spiro atoms. The number of thiophene rings is 1. The van der Waals surface area contributed by atoms with Gasteiger partial charge >= 0.3 is 0 Å². The maximum absolute atomic E-state index is 12.7. The number of nitrogens with one attached hydrogen (secondary N) is 1. The zero-order valence-corrected chi connectivity index (χ0v) is 17.4. The van der Waals surface area contributed by atoms with Crippen molar-refractivity contribution in [2.75, 3.05) is 0 Å². The molecule has 5 nitrogen and oxygen atoms in total. The minimum atomic E-state index is -3.60. The number of carbonyl (C=O) groups is 1. The highest BCUT2D eigenvalue weighted by atomic mass is 32.2. The van der Waals surface area contributed by atoms with E-state index in [1.54, 1.807) is 16.7 Å². The van der Waals surface area contributed by atoms with Crippen molar-refractivity contribution in [1.82, 2.24) is 10.3 Å². The van der Waals surface area contributed by atoms with E-state index in [0.717, 1.165) is 29.1 Å². The van der Waals surface area contributed by atoms with E-state index in [9.17, 15) is 13.2 Å². The fraction of sp³-hybridized carbons (Fsp3) is 0.556. The third-order valence-corrected chi connectivity index (χ3v) is 8.90. The number of hydrogen-bond donors (Lipinski definition) is 1. The highest BCUT2D eigenvalue weighted by molar-refractivity contribution is 7.92. The molecule has 1 aliphatic rings. The van der Waals surface area contributed by atoms with Gasteiger partial charge in [-0.3, -0.25) is 4.79 Å². The summed E-state index contributed by atoms with van der Waals surface area (Å²) in [5.74, 6) is -0.198. The lowest BCUT2D eigenvalue weighted by Crippen LogP contribution is -2.47. The number of nitrogens with zero attached hydrogens (tertiary/aromatic N) is 1. The summed E-state index contributed by atoms with van der Waals surface area (Å²) in [7, 11) is -3.60. The molecule has 2 aromatic rings. The summed E-state index contributed by atoms with van der Waals surface area (Å²) in [6.45, 7) is 3.59. The van der Waals surface area contributed by atoms with Gasteiger partial charge in [-0.25, -0.2) is 13.4 Å². The number of aromatic nitrogens is 1. The zero-order valence-electron chi connectivity index (χ0n) is 15.0. The SMILES string of the molecule is C[C@@H]1CCCC[C@H]1NC(=O)[C@H](C)S(=O)(=O)Cc1csc(-c2cccs2)n1. The molecule has 3 atom stereocenters. The van der Waals surface area contributed by atoms with Crippen LogP contribution in [0.25, 0.3) is 9.88 Å². The van der Waals surface area contributed by atoms with Crippen molar-refractivity contribution < 1.29 is 13.2 Å². The van der Waals surface area contributed by atoms with Crippen LogP contribution in [0.5, 0.6) is 0 Å². The van der Waals surface area contributed by atoms with Crippen LogP contribution in [0.3, 0.4) is 0 Å². The number of rotatable bonds is 6. The van der Waals surface area contributed by atoms with E-state index in [2.05, 4.69) is 17.2 Å². The molecular formula is C18H24N2O3S3. The molecule has 0 aromatic carbocycles. The molecule has 26 heavy (non-hydrogen) atoms. The first kappa shape index (κ1) is 19.5. The summed E-state index contributed by atoms with van der Waals surface area (Å²) >= 11 is 3.00. The number of thiazole rings is 1. The molecule has 1 fully saturated rings. The van der Waals surface area contributed by atoms with Crippen molar-refractivity contribution in [3.8, 4) is 9.88 Å². The number of amides is 1. The van der Waals surface area contributed by atoms with Gasteiger partial charge in [0.25, 0.3) is 0 Å². The molecule has 0 aliphatic heterocycles. The van der Waals surface area contributed by atoms with Crippen LogP contribution in [-0.4, -0.2) is 30.6 Å². The number of sulfone groups is 1. The lowest BCUT2D eigenvalue weighted by molar-refractivity contribution is -0.121. The second kappa shape index (κ2) is 8.19. The van der Waals surface area contributed by atoms with Gasteiger partial charge in [-0.2, -0.15) is 0 Å². The zero-order chi connectivity index (χ0) is 18.7. The summed E-state index contributed by atoms with van der Waals surface area (Å²) in [6, 6.07) is 3.98. The van der Waals surface area contributed by atoms with Crippen molar-refractivity contribution in [2.45, 2.75) is 56.6 Å². The number of hydrogen-bond acceptors (Lipinski definition) is 6. The van der Waals surface area contributed by atoms with E-state index in [0.29, 0.717) is 11.6 Å². The Labute approximate surface area is 162 Å². The molecule has 142 valence electrons. The van der Waals surface area contributed by atoms with Gasteiger partial charge in [-0.15, -0.1) is 22.7 Å². The van der Waals surface area contributed by atoms with Crippen LogP contribution in [-0.2, 0) is 20.4 Å². The first-order valence-corrected chi connectivity index (χ1v) is 12.3. The Hall–Kier alpha value is -1.25. The molecular weight excluding hydrogens is 388 g/mol. The van der Waals surface area contributed by atoms with E-state index in [1.807, 2.05) is 17.5 Å². The van der Waals surface area contributed by atoms with Crippen LogP contribution in [0.2, 0.25) is 0 Å². The molecule has 0 radical (unpaired) electrons. The van der Waals surface area contributed by atoms with Crippen LogP contribution in [0.1, 0.15) is 45.2 Å². The van der Waals surface area contributed by atoms with E-state index in [4.69, 9.17) is 0 Å². The molecule has 2 heterocycles. The Kier molecular flexibility index (Phi) is 6.14. The molecule has 0 saturated heterocycles. The highest BCUT2D eigenvalue weighted by Crippen LogP contribution is 2.29. The minimum absolute atomic E-state index is 0.0820. The molecule has 0 bridgehead atoms. The summed E-state index contributed by atoms with van der Waals surface area (Å²) < 4.78 is 25.3. The fourth-order valence-corrected chi connectivity index (χ4v) is 6.16. The lowest BCUT2D eigenvalue weighted by Gasteiger charge is -2.30. The van der Waals surface area contributed by atoms with Crippen LogP contribution < -0.4 is 5.32 Å². The minimum Gasteiger partial charge on any atom is -0.352 e. The van der Waals surface area contributed by atoms with Crippen molar-refractivity contribution in [2.24, 2.45) is 5.92 Å². The Morgan fingerprint density at radius 3 is 2.81 bits per heavy atom. The van der Waals surface area contributed by atoms with E-state index in [-0.39, 0.29) is 11.8 Å². The maximum Gasteiger partial charge on any atom is 0.238 e. The number of carbonyl (C=O) groups excluding carboxylic acids is 1. The first-order valence-electron chi connectivity index (χ1n) is 8.87. The Bertz CT molecular complexity index is 843. The second-order valence-corrected chi connectivity index (χ2v) is 11.1. The van der Waals surface area contributed by atoms with Crippen molar-refractivity contribution in [3.63, 3.8) is 0 Å². The first-order chi connectivity index (χ1) is 12.4. The van der Waals surface area contributed by atoms with Gasteiger partial charge in [0.15, 0.2) is 9.84 Å². The Morgan fingerprint density at radius 2 is 2.12 bits per heavy atom. The van der Waals surface area contributed by atoms with Gasteiger partial charge in [0.1, 0.15) is 10.3 Å². The molecule has 3 rings (SSSR count). The summed E-state index contributed by atoms with van der Waals surface area (Å²) in [6.07, 6.45) is 4.27. The van der Waals surface area contributed by atoms with E-state index < -0.39 is 21.0 Å². The molecule has 1 amide bonds. The summed E-state index contributed by atoms with van der Waals surface area (Å²) in [4.78, 5) is 17.9. The van der Waals surface area contributed by atoms with Gasteiger partial charge in [0.05, 0.1) is 16.3 Å². The second-order valence-electron chi connectivity index (χ2n) is 6.95. The van der Waals surface area contributed by atoms with Crippen molar-refractivity contribution in [3.05, 3.63) is 28.6 Å². The van der Waals surface area contributed by atoms with E-state index in [1.165, 1.54) is 24.7 Å². The van der Waals surface area contributed by atoms with Crippen molar-refractivity contribution in [1.29, 1.82) is 0 Å². The van der Waals surface area contributed by atoms with Gasteiger partial charge in [0.2, 0.25) is 5.91 Å². The topological polar surface area (TPSA) is 76.1 Å². The summed E-state index contributed by atoms with van der Waals surface area (Å²) in [5, 5.41) is 6.43. The average molecular weight is 413 g/mol. The van der Waals surface area contributed by atoms with Gasteiger partial charge in [-0.05, 0) is 37.1 Å². The van der Waals surface area contributed by atoms with Crippen LogP contribution in [0, 0.1) is 5.92 Å². The molecule has 1 N–H and O–H groups in total. The normalized spacial score (nSPS) is 22.1. The van der Waals surface area contributed by atoms with Gasteiger partial charge in [-0.1, -0.05) is 25.8 Å². The molecule has 2 aromatic heterocycles. The smallest absolute Gasteiger partial charge is 0.238 e. The monoisotopic (exact) mass is 412 g/mol. The molecule has 8 heteroatoms. The average Bonchev–Trinajstić information content (AvgIpc) is 3.27. The van der Waals surface area contributed by atoms with Crippen LogP contribution in [0.15, 0.2) is 22.9 Å². The van der Waals surface area contributed by atoms with Gasteiger partial charge in [0, 0.05) is 11.4 Å². The van der Waals surface area contributed by atoms with E-state index >= 15 is 0 Å². The summed E-state index contributed by atoms with van der Waals surface area (Å²) in [5.41, 5.74) is 0.504. The molecule has 0 unspecified atom stereocenters. The largest absolute Gasteiger partial charge is 0.352 e. The Morgan fingerprint density at radius 1 is 1.35 bits per heavy atom. The predicted octanol–water partition coefficient (Wildman–Crippen LogP) is 3.87. The standard InChI is InChI=1S/C18H24N2O3S3/c1-12-6-3-4-7-15(12)20-17(21)13(2)26(22,23)11-14-10-25-18(19-14)16-8-5-9-24-16/h5,8-10,12-13,15H,3-4,6-7,11H2,1-2H3,(H,20,21)/t12-,13+,15-/m1/s1. The van der Waals surface area contributed by atoms with Crippen LogP contribution in [0.4, 0.5) is 0 Å². The predicted molar refractivity (Wildman–Crippen MR) is 107 cm³/mol. The highest BCUT2D eigenvalue weighted by Gasteiger charge is 2.32. The van der Waals surface area contributed by atoms with Crippen molar-refractivity contribution >= 4 is 38.4 Å². The Balaban J connectivity index is 1.64. The maximum atomic E-state index is 12.7. The van der Waals surface area contributed by atoms with Crippen LogP contribution >= 0.6 is 22.7 Å². The molecule has 1 saturated carbocycles. The fourth-order valence-electron chi connectivity index (χ4n) is 3.21. The third kappa shape index (κ3) is 4.53. The third-order valence-electron chi connectivity index (χ3n) is 4.98. The lowest BCUT2D eigenvalue weighted by atomic mass is 9.86. The van der Waals surface area contributed by atoms with Gasteiger partial charge < -0.3 is 5.32 Å². The molecule has 1 aliphatic carbocycles.